The summed E-state index contributed by atoms with van der Waals surface area (Å²) >= 11 is 1.78. The van der Waals surface area contributed by atoms with Crippen molar-refractivity contribution in [2.75, 3.05) is 18.4 Å². The highest BCUT2D eigenvalue weighted by Crippen LogP contribution is 2.30. The molecule has 0 radical (unpaired) electrons. The summed E-state index contributed by atoms with van der Waals surface area (Å²) in [4.78, 5) is 30.6. The largest absolute Gasteiger partial charge is 0.324 e. The summed E-state index contributed by atoms with van der Waals surface area (Å²) in [5.41, 5.74) is 2.35. The van der Waals surface area contributed by atoms with E-state index in [-0.39, 0.29) is 17.7 Å². The van der Waals surface area contributed by atoms with Crippen LogP contribution in [0.5, 0.6) is 0 Å². The van der Waals surface area contributed by atoms with Crippen molar-refractivity contribution in [2.24, 2.45) is 0 Å². The number of hydrogen-bond donors (Lipinski definition) is 2. The predicted octanol–water partition coefficient (Wildman–Crippen LogP) is 3.29. The lowest BCUT2D eigenvalue weighted by atomic mass is 9.97. The molecule has 1 fully saturated rings. The van der Waals surface area contributed by atoms with Gasteiger partial charge in [-0.2, -0.15) is 0 Å². The molecule has 3 aromatic rings. The van der Waals surface area contributed by atoms with Crippen LogP contribution in [0, 0.1) is 0 Å². The quantitative estimate of drug-likeness (QED) is 0.637. The first-order chi connectivity index (χ1) is 14.0. The van der Waals surface area contributed by atoms with Crippen LogP contribution in [0.15, 0.2) is 48.5 Å². The average molecular weight is 409 g/mol. The molecule has 0 aliphatic carbocycles. The number of nitrogens with one attached hydrogen (secondary N) is 2. The summed E-state index contributed by atoms with van der Waals surface area (Å²) in [6.07, 6.45) is 2.21. The van der Waals surface area contributed by atoms with Gasteiger partial charge in [-0.3, -0.25) is 9.59 Å². The van der Waals surface area contributed by atoms with Gasteiger partial charge in [0.2, 0.25) is 0 Å². The summed E-state index contributed by atoms with van der Waals surface area (Å²) in [6.45, 7) is 5.43. The number of ketones is 1. The monoisotopic (exact) mass is 408 g/mol. The number of carbonyl (C=O) groups is 2. The lowest BCUT2D eigenvalue weighted by molar-refractivity contribution is -0.920. The molecule has 1 unspecified atom stereocenters. The molecule has 0 bridgehead atoms. The van der Waals surface area contributed by atoms with Crippen molar-refractivity contribution in [3.63, 3.8) is 0 Å². The number of rotatable bonds is 5. The molecular weight excluding hydrogens is 382 g/mol. The maximum absolute atomic E-state index is 12.8. The highest BCUT2D eigenvalue weighted by molar-refractivity contribution is 7.18. The summed E-state index contributed by atoms with van der Waals surface area (Å²) in [7, 11) is 0. The topological polar surface area (TPSA) is 63.5 Å². The van der Waals surface area contributed by atoms with Gasteiger partial charge in [0, 0.05) is 11.3 Å². The zero-order valence-corrected chi connectivity index (χ0v) is 17.6. The second kappa shape index (κ2) is 8.43. The Morgan fingerprint density at radius 3 is 2.83 bits per heavy atom. The molecule has 0 spiro atoms. The molecule has 3 atom stereocenters. The normalized spacial score (nSPS) is 20.3. The zero-order chi connectivity index (χ0) is 20.4. The molecule has 0 saturated carbocycles. The SMILES string of the molecule is CC(=O)c1cccc(NC(=O)[C@H](C)[NH+]2CCC[C@H](c3nc4ccccc4s3)C2)c1. The minimum atomic E-state index is -0.159. The first-order valence-corrected chi connectivity index (χ1v) is 10.9. The van der Waals surface area contributed by atoms with Crippen LogP contribution in [-0.4, -0.2) is 35.8 Å². The van der Waals surface area contributed by atoms with E-state index in [4.69, 9.17) is 4.98 Å². The Kier molecular flexibility index (Phi) is 5.74. The molecule has 1 aliphatic heterocycles. The molecule has 29 heavy (non-hydrogen) atoms. The molecule has 2 aromatic carbocycles. The lowest BCUT2D eigenvalue weighted by Gasteiger charge is -2.32. The summed E-state index contributed by atoms with van der Waals surface area (Å²) < 4.78 is 1.23. The zero-order valence-electron chi connectivity index (χ0n) is 16.8. The number of fused-ring (bicyclic) bond motifs is 1. The van der Waals surface area contributed by atoms with Crippen LogP contribution in [0.3, 0.4) is 0 Å². The van der Waals surface area contributed by atoms with Crippen LogP contribution in [0.1, 0.15) is 48.0 Å². The van der Waals surface area contributed by atoms with Crippen LogP contribution in [0.2, 0.25) is 0 Å². The van der Waals surface area contributed by atoms with Gasteiger partial charge in [-0.15, -0.1) is 11.3 Å². The third-order valence-corrected chi connectivity index (χ3v) is 6.96. The van der Waals surface area contributed by atoms with Crippen molar-refractivity contribution >= 4 is 38.9 Å². The second-order valence-electron chi connectivity index (χ2n) is 7.82. The average Bonchev–Trinajstić information content (AvgIpc) is 3.18. The van der Waals surface area contributed by atoms with Crippen molar-refractivity contribution in [3.05, 3.63) is 59.1 Å². The summed E-state index contributed by atoms with van der Waals surface area (Å²) in [5, 5.41) is 4.17. The van der Waals surface area contributed by atoms with Crippen LogP contribution in [0.4, 0.5) is 5.69 Å². The summed E-state index contributed by atoms with van der Waals surface area (Å²) in [6, 6.07) is 15.2. The fraction of sp³-hybridized carbons (Fsp3) is 0.348. The number of anilines is 1. The van der Waals surface area contributed by atoms with Gasteiger partial charge < -0.3 is 10.2 Å². The highest BCUT2D eigenvalue weighted by Gasteiger charge is 2.33. The molecule has 1 aliphatic rings. The van der Waals surface area contributed by atoms with E-state index in [1.54, 1.807) is 29.5 Å². The number of aromatic nitrogens is 1. The first-order valence-electron chi connectivity index (χ1n) is 10.1. The molecule has 1 amide bonds. The second-order valence-corrected chi connectivity index (χ2v) is 8.88. The van der Waals surface area contributed by atoms with E-state index < -0.39 is 0 Å². The van der Waals surface area contributed by atoms with Gasteiger partial charge in [0.1, 0.15) is 5.01 Å². The maximum atomic E-state index is 12.8. The molecule has 2 N–H and O–H groups in total. The molecule has 6 heteroatoms. The molecule has 2 heterocycles. The molecule has 150 valence electrons. The molecule has 1 saturated heterocycles. The van der Waals surface area contributed by atoms with E-state index in [1.165, 1.54) is 21.5 Å². The minimum absolute atomic E-state index is 0.00511. The number of quaternary nitrogens is 1. The number of Topliss-reactive ketones (excluding diaryl/α,β-unsaturated/α-hetero) is 1. The van der Waals surface area contributed by atoms with E-state index in [9.17, 15) is 9.59 Å². The number of benzene rings is 2. The Hall–Kier alpha value is -2.57. The molecule has 4 rings (SSSR count). The lowest BCUT2D eigenvalue weighted by Crippen LogP contribution is -3.17. The Bertz CT molecular complexity index is 1010. The van der Waals surface area contributed by atoms with Crippen molar-refractivity contribution in [1.29, 1.82) is 0 Å². The molecular formula is C23H26N3O2S+. The van der Waals surface area contributed by atoms with E-state index >= 15 is 0 Å². The van der Waals surface area contributed by atoms with E-state index in [2.05, 4.69) is 23.5 Å². The molecule has 1 aromatic heterocycles. The van der Waals surface area contributed by atoms with Gasteiger partial charge in [0.05, 0.1) is 29.2 Å². The van der Waals surface area contributed by atoms with Crippen LogP contribution in [-0.2, 0) is 4.79 Å². The van der Waals surface area contributed by atoms with Crippen LogP contribution >= 0.6 is 11.3 Å². The number of amides is 1. The fourth-order valence-electron chi connectivity index (χ4n) is 4.02. The standard InChI is InChI=1S/C23H25N3O2S/c1-15(22(28)24-19-9-5-7-17(13-19)16(2)27)26-12-6-8-18(14-26)23-25-20-10-3-4-11-21(20)29-23/h3-5,7,9-11,13,15,18H,6,8,12,14H2,1-2H3,(H,24,28)/p+1/t15-,18-/m0/s1. The summed E-state index contributed by atoms with van der Waals surface area (Å²) in [5.74, 6) is 0.382. The van der Waals surface area contributed by atoms with E-state index in [0.717, 1.165) is 31.4 Å². The Labute approximate surface area is 174 Å². The van der Waals surface area contributed by atoms with Crippen molar-refractivity contribution in [1.82, 2.24) is 4.98 Å². The van der Waals surface area contributed by atoms with Gasteiger partial charge >= 0.3 is 0 Å². The predicted molar refractivity (Wildman–Crippen MR) is 117 cm³/mol. The Balaban J connectivity index is 1.44. The number of piperidine rings is 1. The number of para-hydroxylation sites is 1. The first kappa shape index (κ1) is 19.7. The van der Waals surface area contributed by atoms with Gasteiger partial charge in [-0.25, -0.2) is 4.98 Å². The van der Waals surface area contributed by atoms with Crippen molar-refractivity contribution in [2.45, 2.75) is 38.6 Å². The maximum Gasteiger partial charge on any atom is 0.282 e. The fourth-order valence-corrected chi connectivity index (χ4v) is 5.12. The number of likely N-dealkylation sites (tertiary alicyclic amines) is 1. The van der Waals surface area contributed by atoms with Crippen molar-refractivity contribution < 1.29 is 14.5 Å². The van der Waals surface area contributed by atoms with Crippen molar-refractivity contribution in [3.8, 4) is 0 Å². The Morgan fingerprint density at radius 1 is 1.21 bits per heavy atom. The number of nitrogens with zero attached hydrogens (tertiary/aromatic N) is 1. The van der Waals surface area contributed by atoms with E-state index in [0.29, 0.717) is 17.2 Å². The Morgan fingerprint density at radius 2 is 2.03 bits per heavy atom. The van der Waals surface area contributed by atoms with Crippen LogP contribution < -0.4 is 10.2 Å². The number of hydrogen-bond acceptors (Lipinski definition) is 4. The molecule has 5 nitrogen and oxygen atoms in total. The van der Waals surface area contributed by atoms with Crippen LogP contribution in [0.25, 0.3) is 10.2 Å². The smallest absolute Gasteiger partial charge is 0.282 e. The highest BCUT2D eigenvalue weighted by atomic mass is 32.1. The number of carbonyl (C=O) groups excluding carboxylic acids is 2. The van der Waals surface area contributed by atoms with E-state index in [1.807, 2.05) is 19.1 Å². The van der Waals surface area contributed by atoms with Gasteiger partial charge in [-0.1, -0.05) is 24.3 Å². The third-order valence-electron chi connectivity index (χ3n) is 5.76. The third kappa shape index (κ3) is 4.38. The van der Waals surface area contributed by atoms with Gasteiger partial charge in [0.15, 0.2) is 11.8 Å². The van der Waals surface area contributed by atoms with Gasteiger partial charge in [-0.05, 0) is 51.0 Å². The minimum Gasteiger partial charge on any atom is -0.324 e. The number of thiazole rings is 1. The van der Waals surface area contributed by atoms with Gasteiger partial charge in [0.25, 0.3) is 5.91 Å².